The minimum absolute atomic E-state index is 0.585. The highest BCUT2D eigenvalue weighted by molar-refractivity contribution is 9.10. The SMILES string of the molecule is Cc1cccc(N=c2scc(-c3ccccc3Br)n2C2CC2)c1C. The van der Waals surface area contributed by atoms with E-state index in [4.69, 9.17) is 4.99 Å². The van der Waals surface area contributed by atoms with Gasteiger partial charge in [0.05, 0.1) is 11.4 Å². The number of rotatable bonds is 3. The molecule has 122 valence electrons. The predicted octanol–water partition coefficient (Wildman–Crippen LogP) is 6.16. The van der Waals surface area contributed by atoms with Crippen LogP contribution in [0.5, 0.6) is 0 Å². The van der Waals surface area contributed by atoms with Crippen molar-refractivity contribution in [2.75, 3.05) is 0 Å². The Morgan fingerprint density at radius 1 is 1.08 bits per heavy atom. The van der Waals surface area contributed by atoms with Gasteiger partial charge in [0.25, 0.3) is 0 Å². The van der Waals surface area contributed by atoms with Crippen LogP contribution in [-0.2, 0) is 0 Å². The summed E-state index contributed by atoms with van der Waals surface area (Å²) in [5, 5.41) is 2.24. The zero-order chi connectivity index (χ0) is 16.7. The maximum absolute atomic E-state index is 5.00. The quantitative estimate of drug-likeness (QED) is 0.502. The summed E-state index contributed by atoms with van der Waals surface area (Å²) in [7, 11) is 0. The maximum atomic E-state index is 5.00. The van der Waals surface area contributed by atoms with E-state index in [0.717, 1.165) is 15.0 Å². The van der Waals surface area contributed by atoms with Crippen molar-refractivity contribution in [2.45, 2.75) is 32.7 Å². The molecule has 0 unspecified atom stereocenters. The van der Waals surface area contributed by atoms with E-state index in [-0.39, 0.29) is 0 Å². The molecule has 0 N–H and O–H groups in total. The van der Waals surface area contributed by atoms with Gasteiger partial charge >= 0.3 is 0 Å². The van der Waals surface area contributed by atoms with Crippen LogP contribution in [-0.4, -0.2) is 4.57 Å². The van der Waals surface area contributed by atoms with E-state index in [2.05, 4.69) is 82.2 Å². The molecule has 0 atom stereocenters. The minimum atomic E-state index is 0.585. The first-order valence-corrected chi connectivity index (χ1v) is 9.88. The molecule has 1 fully saturated rings. The molecule has 0 aliphatic heterocycles. The van der Waals surface area contributed by atoms with Crippen LogP contribution in [0.4, 0.5) is 5.69 Å². The largest absolute Gasteiger partial charge is 0.313 e. The lowest BCUT2D eigenvalue weighted by atomic mass is 10.1. The molecule has 0 saturated heterocycles. The monoisotopic (exact) mass is 398 g/mol. The average molecular weight is 399 g/mol. The first-order chi connectivity index (χ1) is 11.6. The second kappa shape index (κ2) is 6.34. The van der Waals surface area contributed by atoms with E-state index in [9.17, 15) is 0 Å². The molecule has 24 heavy (non-hydrogen) atoms. The maximum Gasteiger partial charge on any atom is 0.190 e. The third kappa shape index (κ3) is 2.89. The van der Waals surface area contributed by atoms with Gasteiger partial charge in [-0.25, -0.2) is 4.99 Å². The molecule has 1 aromatic heterocycles. The molecule has 0 spiro atoms. The molecule has 3 aromatic rings. The van der Waals surface area contributed by atoms with Crippen LogP contribution in [0.25, 0.3) is 11.3 Å². The summed E-state index contributed by atoms with van der Waals surface area (Å²) >= 11 is 5.43. The van der Waals surface area contributed by atoms with Crippen LogP contribution in [0.15, 0.2) is 57.3 Å². The highest BCUT2D eigenvalue weighted by atomic mass is 79.9. The van der Waals surface area contributed by atoms with Gasteiger partial charge in [-0.1, -0.05) is 46.3 Å². The highest BCUT2D eigenvalue weighted by Crippen LogP contribution is 2.39. The molecule has 1 heterocycles. The standard InChI is InChI=1S/C20H19BrN2S/c1-13-6-5-9-18(14(13)2)22-20-23(15-10-11-15)19(12-24-20)16-7-3-4-8-17(16)21/h3-9,12,15H,10-11H2,1-2H3. The number of aromatic nitrogens is 1. The van der Waals surface area contributed by atoms with Gasteiger partial charge in [0.1, 0.15) is 0 Å². The lowest BCUT2D eigenvalue weighted by Gasteiger charge is -2.09. The zero-order valence-electron chi connectivity index (χ0n) is 13.8. The molecule has 1 aliphatic rings. The number of halogens is 1. The average Bonchev–Trinajstić information content (AvgIpc) is 3.33. The van der Waals surface area contributed by atoms with Gasteiger partial charge in [0.2, 0.25) is 0 Å². The van der Waals surface area contributed by atoms with Crippen molar-refractivity contribution >= 4 is 33.0 Å². The van der Waals surface area contributed by atoms with Gasteiger partial charge in [-0.3, -0.25) is 0 Å². The Hall–Kier alpha value is -1.65. The van der Waals surface area contributed by atoms with Crippen molar-refractivity contribution in [2.24, 2.45) is 4.99 Å². The summed E-state index contributed by atoms with van der Waals surface area (Å²) in [6.45, 7) is 4.29. The fourth-order valence-electron chi connectivity index (χ4n) is 2.91. The molecule has 4 rings (SSSR count). The Kier molecular flexibility index (Phi) is 4.19. The number of aryl methyl sites for hydroxylation is 1. The molecule has 0 bridgehead atoms. The number of benzene rings is 2. The molecule has 1 aliphatic carbocycles. The smallest absolute Gasteiger partial charge is 0.190 e. The summed E-state index contributed by atoms with van der Waals surface area (Å²) in [6, 6.07) is 15.4. The minimum Gasteiger partial charge on any atom is -0.313 e. The highest BCUT2D eigenvalue weighted by Gasteiger charge is 2.27. The molecule has 0 radical (unpaired) electrons. The van der Waals surface area contributed by atoms with Crippen LogP contribution in [0.2, 0.25) is 0 Å². The molecule has 2 aromatic carbocycles. The van der Waals surface area contributed by atoms with E-state index >= 15 is 0 Å². The normalized spacial score (nSPS) is 15.0. The van der Waals surface area contributed by atoms with E-state index < -0.39 is 0 Å². The van der Waals surface area contributed by atoms with Gasteiger partial charge < -0.3 is 4.57 Å². The summed E-state index contributed by atoms with van der Waals surface area (Å²) in [4.78, 5) is 6.10. The molecular formula is C20H19BrN2S. The summed E-state index contributed by atoms with van der Waals surface area (Å²) < 4.78 is 3.56. The second-order valence-electron chi connectivity index (χ2n) is 6.32. The van der Waals surface area contributed by atoms with Gasteiger partial charge in [0.15, 0.2) is 4.80 Å². The van der Waals surface area contributed by atoms with Crippen LogP contribution >= 0.6 is 27.3 Å². The van der Waals surface area contributed by atoms with Crippen LogP contribution in [0, 0.1) is 13.8 Å². The molecule has 2 nitrogen and oxygen atoms in total. The van der Waals surface area contributed by atoms with E-state index in [1.807, 2.05) is 0 Å². The van der Waals surface area contributed by atoms with Gasteiger partial charge in [-0.15, -0.1) is 11.3 Å². The fourth-order valence-corrected chi connectivity index (χ4v) is 4.37. The Morgan fingerprint density at radius 3 is 2.62 bits per heavy atom. The predicted molar refractivity (Wildman–Crippen MR) is 105 cm³/mol. The first-order valence-electron chi connectivity index (χ1n) is 8.21. The first kappa shape index (κ1) is 15.9. The van der Waals surface area contributed by atoms with Gasteiger partial charge in [-0.2, -0.15) is 0 Å². The number of hydrogen-bond acceptors (Lipinski definition) is 2. The molecule has 4 heteroatoms. The molecule has 1 saturated carbocycles. The Morgan fingerprint density at radius 2 is 1.88 bits per heavy atom. The zero-order valence-corrected chi connectivity index (χ0v) is 16.2. The van der Waals surface area contributed by atoms with Crippen LogP contribution < -0.4 is 4.80 Å². The topological polar surface area (TPSA) is 17.3 Å². The Bertz CT molecular complexity index is 964. The summed E-state index contributed by atoms with van der Waals surface area (Å²) in [6.07, 6.45) is 2.49. The van der Waals surface area contributed by atoms with E-state index in [1.165, 1.54) is 35.2 Å². The summed E-state index contributed by atoms with van der Waals surface area (Å²) in [5.74, 6) is 0. The van der Waals surface area contributed by atoms with Crippen LogP contribution in [0.1, 0.15) is 30.0 Å². The second-order valence-corrected chi connectivity index (χ2v) is 8.01. The van der Waals surface area contributed by atoms with Crippen molar-refractivity contribution in [3.8, 4) is 11.3 Å². The van der Waals surface area contributed by atoms with Crippen molar-refractivity contribution in [1.82, 2.24) is 4.57 Å². The Balaban J connectivity index is 1.91. The van der Waals surface area contributed by atoms with Crippen molar-refractivity contribution in [1.29, 1.82) is 0 Å². The Labute approximate surface area is 154 Å². The van der Waals surface area contributed by atoms with Crippen molar-refractivity contribution in [3.05, 3.63) is 68.2 Å². The molecule has 0 amide bonds. The van der Waals surface area contributed by atoms with Crippen molar-refractivity contribution < 1.29 is 0 Å². The van der Waals surface area contributed by atoms with Gasteiger partial charge in [0, 0.05) is 21.5 Å². The number of hydrogen-bond donors (Lipinski definition) is 0. The third-order valence-corrected chi connectivity index (χ3v) is 6.13. The van der Waals surface area contributed by atoms with E-state index in [1.54, 1.807) is 11.3 Å². The number of thiazole rings is 1. The lowest BCUT2D eigenvalue weighted by Crippen LogP contribution is -2.14. The van der Waals surface area contributed by atoms with Gasteiger partial charge in [-0.05, 0) is 49.9 Å². The fraction of sp³-hybridized carbons (Fsp3) is 0.250. The number of nitrogens with zero attached hydrogens (tertiary/aromatic N) is 2. The molecular weight excluding hydrogens is 380 g/mol. The lowest BCUT2D eigenvalue weighted by molar-refractivity contribution is 0.724. The van der Waals surface area contributed by atoms with Crippen molar-refractivity contribution in [3.63, 3.8) is 0 Å². The van der Waals surface area contributed by atoms with E-state index in [0.29, 0.717) is 6.04 Å². The summed E-state index contributed by atoms with van der Waals surface area (Å²) in [5.41, 5.74) is 6.12. The third-order valence-electron chi connectivity index (χ3n) is 4.60. The van der Waals surface area contributed by atoms with Crippen LogP contribution in [0.3, 0.4) is 0 Å².